The SMILES string of the molecule is O=P(c1ccc2oc3ccccc3c2c1)(c1ccc2ccc3cccc4ccc1c2c34)c1ccc2ccc3cccc4ccc1c2c34. The van der Waals surface area contributed by atoms with Gasteiger partial charge in [0.2, 0.25) is 0 Å². The maximum absolute atomic E-state index is 16.8. The molecular formula is C44H25O2P. The van der Waals surface area contributed by atoms with Gasteiger partial charge in [0.1, 0.15) is 11.2 Å². The fourth-order valence-electron chi connectivity index (χ4n) is 8.31. The summed E-state index contributed by atoms with van der Waals surface area (Å²) in [4.78, 5) is 0. The van der Waals surface area contributed by atoms with E-state index in [1.165, 1.54) is 43.1 Å². The highest BCUT2D eigenvalue weighted by Gasteiger charge is 2.35. The molecule has 11 aromatic rings. The molecule has 0 spiro atoms. The third-order valence-corrected chi connectivity index (χ3v) is 13.6. The van der Waals surface area contributed by atoms with Crippen LogP contribution in [0.2, 0.25) is 0 Å². The van der Waals surface area contributed by atoms with Crippen LogP contribution in [0.5, 0.6) is 0 Å². The summed E-state index contributed by atoms with van der Waals surface area (Å²) in [5.74, 6) is 0. The van der Waals surface area contributed by atoms with Gasteiger partial charge >= 0.3 is 0 Å². The second-order valence-electron chi connectivity index (χ2n) is 12.8. The molecule has 0 aliphatic heterocycles. The van der Waals surface area contributed by atoms with Crippen LogP contribution in [0.1, 0.15) is 0 Å². The first-order chi connectivity index (χ1) is 23.2. The highest BCUT2D eigenvalue weighted by atomic mass is 31.2. The van der Waals surface area contributed by atoms with Crippen LogP contribution in [0, 0.1) is 0 Å². The fraction of sp³-hybridized carbons (Fsp3) is 0. The molecule has 0 saturated heterocycles. The van der Waals surface area contributed by atoms with Crippen molar-refractivity contribution in [3.05, 3.63) is 152 Å². The van der Waals surface area contributed by atoms with Gasteiger partial charge in [0.15, 0.2) is 7.14 Å². The maximum atomic E-state index is 16.8. The van der Waals surface area contributed by atoms with Crippen LogP contribution in [-0.4, -0.2) is 0 Å². The summed E-state index contributed by atoms with van der Waals surface area (Å²) >= 11 is 0. The van der Waals surface area contributed by atoms with Crippen molar-refractivity contribution in [1.29, 1.82) is 0 Å². The van der Waals surface area contributed by atoms with E-state index in [2.05, 4.69) is 121 Å². The molecule has 11 rings (SSSR count). The fourth-order valence-corrected chi connectivity index (χ4v) is 11.3. The van der Waals surface area contributed by atoms with Crippen LogP contribution in [0.3, 0.4) is 0 Å². The second kappa shape index (κ2) is 8.97. The average molecular weight is 617 g/mol. The molecule has 47 heavy (non-hydrogen) atoms. The molecule has 0 saturated carbocycles. The molecule has 0 radical (unpaired) electrons. The monoisotopic (exact) mass is 616 g/mol. The van der Waals surface area contributed by atoms with Crippen molar-refractivity contribution in [1.82, 2.24) is 0 Å². The Labute approximate surface area is 269 Å². The zero-order valence-electron chi connectivity index (χ0n) is 25.2. The maximum Gasteiger partial charge on any atom is 0.172 e. The van der Waals surface area contributed by atoms with Crippen molar-refractivity contribution < 1.29 is 8.98 Å². The molecule has 1 aromatic heterocycles. The zero-order chi connectivity index (χ0) is 30.9. The van der Waals surface area contributed by atoms with Gasteiger partial charge in [-0.25, -0.2) is 0 Å². The highest BCUT2D eigenvalue weighted by Crippen LogP contribution is 2.50. The standard InChI is InChI=1S/C44H25O2P/c45-47(32-19-22-38-36(25-32)33-9-1-2-10-37(33)46-38,39-23-17-30-13-11-26-5-3-7-28-15-20-34(39)43(30)41(26)28)40-24-18-31-14-12-27-6-4-8-29-16-21-35(40)44(31)42(27)29/h1-25H. The Kier molecular flexibility index (Phi) is 4.87. The summed E-state index contributed by atoms with van der Waals surface area (Å²) in [6, 6.07) is 53.3. The Bertz CT molecular complexity index is 2930. The molecule has 0 fully saturated rings. The van der Waals surface area contributed by atoms with E-state index in [-0.39, 0.29) is 0 Å². The first-order valence-corrected chi connectivity index (χ1v) is 17.7. The summed E-state index contributed by atoms with van der Waals surface area (Å²) in [6.45, 7) is 0. The van der Waals surface area contributed by atoms with Gasteiger partial charge in [0, 0.05) is 26.7 Å². The van der Waals surface area contributed by atoms with Crippen LogP contribution >= 0.6 is 7.14 Å². The van der Waals surface area contributed by atoms with E-state index >= 15 is 4.57 Å². The van der Waals surface area contributed by atoms with E-state index in [1.807, 2.05) is 30.3 Å². The largest absolute Gasteiger partial charge is 0.456 e. The van der Waals surface area contributed by atoms with Crippen molar-refractivity contribution >= 4 is 110 Å². The van der Waals surface area contributed by atoms with E-state index in [0.717, 1.165) is 59.4 Å². The summed E-state index contributed by atoms with van der Waals surface area (Å²) in [5, 5.41) is 18.5. The van der Waals surface area contributed by atoms with Gasteiger partial charge in [0.05, 0.1) is 0 Å². The minimum Gasteiger partial charge on any atom is -0.456 e. The Morgan fingerprint density at radius 3 is 1.40 bits per heavy atom. The van der Waals surface area contributed by atoms with Crippen LogP contribution < -0.4 is 15.9 Å². The van der Waals surface area contributed by atoms with E-state index in [4.69, 9.17) is 4.42 Å². The van der Waals surface area contributed by atoms with Crippen molar-refractivity contribution in [2.75, 3.05) is 0 Å². The number of hydrogen-bond donors (Lipinski definition) is 0. The number of para-hydroxylation sites is 1. The summed E-state index contributed by atoms with van der Waals surface area (Å²) in [5.41, 5.74) is 1.63. The third-order valence-electron chi connectivity index (χ3n) is 10.4. The lowest BCUT2D eigenvalue weighted by Gasteiger charge is -2.25. The van der Waals surface area contributed by atoms with E-state index in [9.17, 15) is 0 Å². The Balaban J connectivity index is 1.32. The van der Waals surface area contributed by atoms with E-state index in [0.29, 0.717) is 0 Å². The number of fused-ring (bicyclic) bond motifs is 3. The first kappa shape index (κ1) is 25.5. The van der Waals surface area contributed by atoms with E-state index < -0.39 is 7.14 Å². The normalized spacial score (nSPS) is 12.8. The number of benzene rings is 10. The smallest absolute Gasteiger partial charge is 0.172 e. The summed E-state index contributed by atoms with van der Waals surface area (Å²) in [6.07, 6.45) is 0. The lowest BCUT2D eigenvalue weighted by atomic mass is 9.94. The molecule has 3 heteroatoms. The summed E-state index contributed by atoms with van der Waals surface area (Å²) < 4.78 is 23.0. The van der Waals surface area contributed by atoms with Gasteiger partial charge in [-0.05, 0) is 101 Å². The van der Waals surface area contributed by atoms with Crippen LogP contribution in [0.4, 0.5) is 0 Å². The Morgan fingerprint density at radius 2 is 0.830 bits per heavy atom. The molecule has 1 heterocycles. The van der Waals surface area contributed by atoms with Crippen molar-refractivity contribution in [3.8, 4) is 0 Å². The lowest BCUT2D eigenvalue weighted by molar-refractivity contribution is 0.593. The van der Waals surface area contributed by atoms with Gasteiger partial charge in [-0.2, -0.15) is 0 Å². The van der Waals surface area contributed by atoms with Crippen molar-refractivity contribution in [3.63, 3.8) is 0 Å². The van der Waals surface area contributed by atoms with Crippen LogP contribution in [-0.2, 0) is 4.57 Å². The third kappa shape index (κ3) is 3.28. The molecule has 0 amide bonds. The molecule has 2 nitrogen and oxygen atoms in total. The molecular weight excluding hydrogens is 591 g/mol. The first-order valence-electron chi connectivity index (χ1n) is 16.0. The zero-order valence-corrected chi connectivity index (χ0v) is 26.1. The number of rotatable bonds is 3. The molecule has 0 aliphatic carbocycles. The Morgan fingerprint density at radius 1 is 0.362 bits per heavy atom. The van der Waals surface area contributed by atoms with Crippen molar-refractivity contribution in [2.45, 2.75) is 0 Å². The quantitative estimate of drug-likeness (QED) is 0.146. The van der Waals surface area contributed by atoms with Gasteiger partial charge in [-0.1, -0.05) is 115 Å². The predicted octanol–water partition coefficient (Wildman–Crippen LogP) is 11.0. The molecule has 0 atom stereocenters. The summed E-state index contributed by atoms with van der Waals surface area (Å²) in [7, 11) is -3.49. The van der Waals surface area contributed by atoms with Gasteiger partial charge in [-0.15, -0.1) is 0 Å². The minimum atomic E-state index is -3.49. The topological polar surface area (TPSA) is 30.2 Å². The Hall–Kier alpha value is -5.69. The number of furan rings is 1. The second-order valence-corrected chi connectivity index (χ2v) is 15.5. The average Bonchev–Trinajstić information content (AvgIpc) is 3.50. The van der Waals surface area contributed by atoms with Gasteiger partial charge in [0.25, 0.3) is 0 Å². The molecule has 0 bridgehead atoms. The van der Waals surface area contributed by atoms with Crippen molar-refractivity contribution in [2.24, 2.45) is 0 Å². The molecule has 10 aromatic carbocycles. The number of hydrogen-bond acceptors (Lipinski definition) is 2. The molecule has 0 N–H and O–H groups in total. The minimum absolute atomic E-state index is 0.798. The highest BCUT2D eigenvalue weighted by molar-refractivity contribution is 7.86. The van der Waals surface area contributed by atoms with E-state index in [1.54, 1.807) is 0 Å². The molecule has 0 aliphatic rings. The van der Waals surface area contributed by atoms with Crippen LogP contribution in [0.25, 0.3) is 86.6 Å². The van der Waals surface area contributed by atoms with Gasteiger partial charge in [-0.3, -0.25) is 0 Å². The lowest BCUT2D eigenvalue weighted by Crippen LogP contribution is -2.26. The van der Waals surface area contributed by atoms with Gasteiger partial charge < -0.3 is 8.98 Å². The predicted molar refractivity (Wildman–Crippen MR) is 201 cm³/mol. The molecule has 218 valence electrons. The van der Waals surface area contributed by atoms with Crippen LogP contribution in [0.15, 0.2) is 156 Å². The molecule has 0 unspecified atom stereocenters.